The maximum absolute atomic E-state index is 13.0. The number of hydrogen-bond donors (Lipinski definition) is 1. The Hall–Kier alpha value is -3.26. The molecule has 35 heavy (non-hydrogen) atoms. The predicted molar refractivity (Wildman–Crippen MR) is 138 cm³/mol. The average Bonchev–Trinajstić information content (AvgIpc) is 2.86. The number of benzene rings is 2. The first kappa shape index (κ1) is 26.3. The van der Waals surface area contributed by atoms with E-state index in [0.29, 0.717) is 23.3 Å². The van der Waals surface area contributed by atoms with Gasteiger partial charge in [-0.1, -0.05) is 43.7 Å². The van der Waals surface area contributed by atoms with Crippen LogP contribution in [0.2, 0.25) is 0 Å². The minimum atomic E-state index is -0.885. The van der Waals surface area contributed by atoms with E-state index in [1.807, 2.05) is 36.6 Å². The monoisotopic (exact) mass is 497 g/mol. The number of rotatable bonds is 11. The van der Waals surface area contributed by atoms with Crippen molar-refractivity contribution in [2.24, 2.45) is 0 Å². The molecule has 0 saturated heterocycles. The lowest BCUT2D eigenvalue weighted by atomic mass is 10.0. The fraction of sp³-hybridized carbons (Fsp3) is 0.370. The van der Waals surface area contributed by atoms with Crippen LogP contribution in [-0.2, 0) is 22.6 Å². The number of carbonyl (C=O) groups is 2. The van der Waals surface area contributed by atoms with Gasteiger partial charge in [-0.15, -0.1) is 0 Å². The lowest BCUT2D eigenvalue weighted by Crippen LogP contribution is -2.43. The van der Waals surface area contributed by atoms with Crippen LogP contribution in [0.5, 0.6) is 5.75 Å². The van der Waals surface area contributed by atoms with E-state index in [9.17, 15) is 14.4 Å². The summed E-state index contributed by atoms with van der Waals surface area (Å²) in [7, 11) is 0. The van der Waals surface area contributed by atoms with Crippen molar-refractivity contribution < 1.29 is 23.5 Å². The number of esters is 1. The fourth-order valence-corrected chi connectivity index (χ4v) is 4.14. The zero-order chi connectivity index (χ0) is 25.2. The molecule has 0 aliphatic carbocycles. The molecule has 2 aromatic carbocycles. The van der Waals surface area contributed by atoms with Crippen molar-refractivity contribution in [3.63, 3.8) is 0 Å². The molecule has 1 atom stereocenters. The molecule has 0 aliphatic rings. The van der Waals surface area contributed by atoms with Gasteiger partial charge in [0, 0.05) is 17.0 Å². The Labute approximate surface area is 209 Å². The highest BCUT2D eigenvalue weighted by atomic mass is 32.2. The molecule has 0 saturated carbocycles. The van der Waals surface area contributed by atoms with Crippen molar-refractivity contribution in [3.05, 3.63) is 75.6 Å². The van der Waals surface area contributed by atoms with Gasteiger partial charge in [0.2, 0.25) is 0 Å². The van der Waals surface area contributed by atoms with Gasteiger partial charge in [0.1, 0.15) is 24.0 Å². The van der Waals surface area contributed by atoms with Crippen LogP contribution in [-0.4, -0.2) is 30.1 Å². The number of thioether (sulfide) groups is 1. The van der Waals surface area contributed by atoms with Crippen LogP contribution in [0.1, 0.15) is 42.9 Å². The smallest absolute Gasteiger partial charge is 0.408 e. The Kier molecular flexibility index (Phi) is 9.78. The number of unbranched alkanes of at least 4 members (excludes halogenated alkanes) is 1. The van der Waals surface area contributed by atoms with Gasteiger partial charge in [0.15, 0.2) is 0 Å². The van der Waals surface area contributed by atoms with Gasteiger partial charge >= 0.3 is 17.7 Å². The molecule has 186 valence electrons. The lowest BCUT2D eigenvalue weighted by molar-refractivity contribution is -0.136. The molecule has 0 aliphatic heterocycles. The molecular weight excluding hydrogens is 466 g/mol. The van der Waals surface area contributed by atoms with Crippen LogP contribution in [0.25, 0.3) is 11.0 Å². The number of ether oxygens (including phenoxy) is 2. The van der Waals surface area contributed by atoms with Crippen LogP contribution < -0.4 is 15.7 Å². The van der Waals surface area contributed by atoms with Crippen molar-refractivity contribution in [2.75, 3.05) is 12.0 Å². The van der Waals surface area contributed by atoms with Crippen LogP contribution in [0.15, 0.2) is 57.7 Å². The first-order valence-electron chi connectivity index (χ1n) is 11.7. The summed E-state index contributed by atoms with van der Waals surface area (Å²) in [6, 6.07) is 13.4. The SMILES string of the molecule is CCCCc1cc(=O)oc2c(C)c(OC(=O)C(CCSC)NC(=O)OCc3ccccc3)ccc12. The van der Waals surface area contributed by atoms with E-state index < -0.39 is 23.7 Å². The lowest BCUT2D eigenvalue weighted by Gasteiger charge is -2.18. The topological polar surface area (TPSA) is 94.8 Å². The van der Waals surface area contributed by atoms with E-state index in [1.54, 1.807) is 30.8 Å². The molecule has 0 spiro atoms. The molecule has 1 amide bonds. The second kappa shape index (κ2) is 13.0. The molecule has 1 N–H and O–H groups in total. The van der Waals surface area contributed by atoms with Gasteiger partial charge in [-0.25, -0.2) is 14.4 Å². The third-order valence-corrected chi connectivity index (χ3v) is 6.25. The van der Waals surface area contributed by atoms with Crippen LogP contribution in [0.3, 0.4) is 0 Å². The summed E-state index contributed by atoms with van der Waals surface area (Å²) in [5.41, 5.74) is 2.29. The minimum absolute atomic E-state index is 0.0974. The number of carbonyl (C=O) groups excluding carboxylic acids is 2. The molecule has 8 heteroatoms. The Bertz CT molecular complexity index is 1210. The second-order valence-electron chi connectivity index (χ2n) is 8.22. The largest absolute Gasteiger partial charge is 0.445 e. The number of hydrogen-bond acceptors (Lipinski definition) is 7. The Morgan fingerprint density at radius 1 is 1.14 bits per heavy atom. The highest BCUT2D eigenvalue weighted by molar-refractivity contribution is 7.98. The summed E-state index contributed by atoms with van der Waals surface area (Å²) in [6.07, 6.45) is 4.33. The summed E-state index contributed by atoms with van der Waals surface area (Å²) < 4.78 is 16.4. The third kappa shape index (κ3) is 7.36. The third-order valence-electron chi connectivity index (χ3n) is 5.61. The number of aryl methyl sites for hydroxylation is 2. The standard InChI is InChI=1S/C27H31NO6S/c1-4-5-11-20-16-24(29)34-25-18(2)23(13-12-21(20)25)33-26(30)22(14-15-35-3)28-27(31)32-17-19-9-7-6-8-10-19/h6-10,12-13,16,22H,4-5,11,14-15,17H2,1-3H3,(H,28,31). The van der Waals surface area contributed by atoms with E-state index in [0.717, 1.165) is 35.8 Å². The Morgan fingerprint density at radius 2 is 1.91 bits per heavy atom. The maximum atomic E-state index is 13.0. The number of nitrogens with one attached hydrogen (secondary N) is 1. The summed E-state index contributed by atoms with van der Waals surface area (Å²) in [5.74, 6) is 0.319. The molecule has 1 heterocycles. The van der Waals surface area contributed by atoms with Crippen molar-refractivity contribution in [2.45, 2.75) is 52.2 Å². The normalized spacial score (nSPS) is 11.7. The fourth-order valence-electron chi connectivity index (χ4n) is 3.66. The first-order chi connectivity index (χ1) is 16.9. The van der Waals surface area contributed by atoms with E-state index in [-0.39, 0.29) is 12.4 Å². The van der Waals surface area contributed by atoms with Gasteiger partial charge in [0.05, 0.1) is 0 Å². The van der Waals surface area contributed by atoms with Crippen molar-refractivity contribution in [1.82, 2.24) is 5.32 Å². The van der Waals surface area contributed by atoms with Gasteiger partial charge in [-0.2, -0.15) is 11.8 Å². The van der Waals surface area contributed by atoms with Crippen molar-refractivity contribution in [3.8, 4) is 5.75 Å². The molecule has 7 nitrogen and oxygen atoms in total. The molecule has 1 unspecified atom stereocenters. The zero-order valence-corrected chi connectivity index (χ0v) is 21.1. The number of amides is 1. The summed E-state index contributed by atoms with van der Waals surface area (Å²) in [6.45, 7) is 3.94. The second-order valence-corrected chi connectivity index (χ2v) is 9.21. The van der Waals surface area contributed by atoms with Crippen molar-refractivity contribution in [1.29, 1.82) is 0 Å². The van der Waals surface area contributed by atoms with E-state index in [1.165, 1.54) is 6.07 Å². The first-order valence-corrected chi connectivity index (χ1v) is 13.1. The number of alkyl carbamates (subject to hydrolysis) is 1. The van der Waals surface area contributed by atoms with Crippen LogP contribution in [0, 0.1) is 6.92 Å². The molecule has 3 aromatic rings. The molecule has 3 rings (SSSR count). The van der Waals surface area contributed by atoms with Crippen LogP contribution >= 0.6 is 11.8 Å². The molecule has 0 radical (unpaired) electrons. The summed E-state index contributed by atoms with van der Waals surface area (Å²) in [4.78, 5) is 37.5. The number of fused-ring (bicyclic) bond motifs is 1. The minimum Gasteiger partial charge on any atom is -0.445 e. The molecule has 0 bridgehead atoms. The Morgan fingerprint density at radius 3 is 2.63 bits per heavy atom. The highest BCUT2D eigenvalue weighted by Gasteiger charge is 2.24. The van der Waals surface area contributed by atoms with Gasteiger partial charge < -0.3 is 19.2 Å². The van der Waals surface area contributed by atoms with Crippen LogP contribution in [0.4, 0.5) is 4.79 Å². The van der Waals surface area contributed by atoms with E-state index in [2.05, 4.69) is 12.2 Å². The average molecular weight is 498 g/mol. The summed E-state index contributed by atoms with van der Waals surface area (Å²) >= 11 is 1.56. The quantitative estimate of drug-likeness (QED) is 0.215. The highest BCUT2D eigenvalue weighted by Crippen LogP contribution is 2.29. The Balaban J connectivity index is 1.74. The van der Waals surface area contributed by atoms with Crippen molar-refractivity contribution >= 4 is 34.8 Å². The van der Waals surface area contributed by atoms with Gasteiger partial charge in [0.25, 0.3) is 0 Å². The van der Waals surface area contributed by atoms with E-state index >= 15 is 0 Å². The van der Waals surface area contributed by atoms with Gasteiger partial charge in [-0.3, -0.25) is 0 Å². The zero-order valence-electron chi connectivity index (χ0n) is 20.3. The summed E-state index contributed by atoms with van der Waals surface area (Å²) in [5, 5.41) is 3.45. The molecule has 1 aromatic heterocycles. The molecular formula is C27H31NO6S. The van der Waals surface area contributed by atoms with Gasteiger partial charge in [-0.05, 0) is 61.5 Å². The predicted octanol–water partition coefficient (Wildman–Crippen LogP) is 5.40. The molecule has 0 fully saturated rings. The maximum Gasteiger partial charge on any atom is 0.408 e. The van der Waals surface area contributed by atoms with E-state index in [4.69, 9.17) is 13.9 Å².